The molecule has 4 rings (SSSR count). The predicted molar refractivity (Wildman–Crippen MR) is 102 cm³/mol. The zero-order chi connectivity index (χ0) is 19.0. The van der Waals surface area contributed by atoms with Crippen LogP contribution in [0.25, 0.3) is 11.1 Å². The Bertz CT molecular complexity index is 960. The lowest BCUT2D eigenvalue weighted by Crippen LogP contribution is -2.41. The van der Waals surface area contributed by atoms with Crippen LogP contribution in [-0.2, 0) is 4.79 Å². The monoisotopic (exact) mass is 388 g/mol. The van der Waals surface area contributed by atoms with Crippen LogP contribution >= 0.6 is 11.6 Å². The van der Waals surface area contributed by atoms with E-state index in [1.165, 1.54) is 0 Å². The van der Waals surface area contributed by atoms with Crippen LogP contribution in [0.5, 0.6) is 0 Å². The highest BCUT2D eigenvalue weighted by Crippen LogP contribution is 2.28. The highest BCUT2D eigenvalue weighted by atomic mass is 35.5. The van der Waals surface area contributed by atoms with Crippen molar-refractivity contribution in [2.75, 3.05) is 18.0 Å². The molecule has 1 aliphatic rings. The molecule has 1 unspecified atom stereocenters. The van der Waals surface area contributed by atoms with Gasteiger partial charge in [0.05, 0.1) is 6.04 Å². The van der Waals surface area contributed by atoms with Gasteiger partial charge in [-0.2, -0.15) is 10.1 Å². The Morgan fingerprint density at radius 2 is 2.15 bits per heavy atom. The maximum absolute atomic E-state index is 12.6. The van der Waals surface area contributed by atoms with Crippen molar-refractivity contribution in [1.82, 2.24) is 25.5 Å². The van der Waals surface area contributed by atoms with Crippen LogP contribution in [0.4, 0.5) is 6.01 Å². The number of piperidine rings is 1. The number of nitrogens with zero attached hydrogens (tertiary/aromatic N) is 4. The number of H-pyrrole nitrogens is 1. The molecule has 1 amide bonds. The summed E-state index contributed by atoms with van der Waals surface area (Å²) < 4.78 is 5.82. The van der Waals surface area contributed by atoms with Crippen LogP contribution in [0.3, 0.4) is 0 Å². The first-order valence-electron chi connectivity index (χ1n) is 9.00. The van der Waals surface area contributed by atoms with Crippen LogP contribution in [0.1, 0.15) is 37.5 Å². The lowest BCUT2D eigenvalue weighted by Gasteiger charge is -2.30. The molecule has 0 radical (unpaired) electrons. The molecular weight excluding hydrogens is 368 g/mol. The number of amides is 1. The summed E-state index contributed by atoms with van der Waals surface area (Å²) in [6.07, 6.45) is 1.48. The second kappa shape index (κ2) is 7.19. The summed E-state index contributed by atoms with van der Waals surface area (Å²) in [5, 5.41) is 10.5. The summed E-state index contributed by atoms with van der Waals surface area (Å²) in [5.41, 5.74) is 1.46. The van der Waals surface area contributed by atoms with Gasteiger partial charge >= 0.3 is 0 Å². The number of aryl methyl sites for hydroxylation is 1. The van der Waals surface area contributed by atoms with Crippen molar-refractivity contribution in [3.05, 3.63) is 34.9 Å². The Balaban J connectivity index is 1.35. The third-order valence-corrected chi connectivity index (χ3v) is 5.07. The number of carbonyl (C=O) groups excluding carboxylic acids is 1. The minimum atomic E-state index is -0.220. The Kier molecular flexibility index (Phi) is 4.73. The van der Waals surface area contributed by atoms with Gasteiger partial charge in [-0.25, -0.2) is 4.98 Å². The smallest absolute Gasteiger partial charge is 0.298 e. The van der Waals surface area contributed by atoms with E-state index in [1.54, 1.807) is 12.1 Å². The molecule has 27 heavy (non-hydrogen) atoms. The molecule has 2 N–H and O–H groups in total. The lowest BCUT2D eigenvalue weighted by molar-refractivity contribution is -0.126. The van der Waals surface area contributed by atoms with Gasteiger partial charge in [-0.15, -0.1) is 0 Å². The Morgan fingerprint density at radius 1 is 1.37 bits per heavy atom. The first kappa shape index (κ1) is 17.8. The minimum Gasteiger partial charge on any atom is -0.423 e. The fourth-order valence-corrected chi connectivity index (χ4v) is 3.47. The molecule has 9 heteroatoms. The van der Waals surface area contributed by atoms with E-state index in [2.05, 4.69) is 30.4 Å². The van der Waals surface area contributed by atoms with Gasteiger partial charge in [0, 0.05) is 30.1 Å². The molecule has 1 aromatic carbocycles. The second-order valence-corrected chi connectivity index (χ2v) is 7.32. The molecule has 8 nitrogen and oxygen atoms in total. The number of fused-ring (bicyclic) bond motifs is 1. The average molecular weight is 389 g/mol. The highest BCUT2D eigenvalue weighted by molar-refractivity contribution is 6.31. The van der Waals surface area contributed by atoms with Crippen molar-refractivity contribution in [3.63, 3.8) is 0 Å². The summed E-state index contributed by atoms with van der Waals surface area (Å²) in [6.45, 7) is 5.15. The van der Waals surface area contributed by atoms with Gasteiger partial charge < -0.3 is 14.6 Å². The maximum Gasteiger partial charge on any atom is 0.298 e. The molecule has 1 aliphatic heterocycles. The van der Waals surface area contributed by atoms with Crippen molar-refractivity contribution in [3.8, 4) is 0 Å². The summed E-state index contributed by atoms with van der Waals surface area (Å²) in [6, 6.07) is 5.76. The number of oxazole rings is 1. The Labute approximate surface area is 161 Å². The van der Waals surface area contributed by atoms with E-state index in [1.807, 2.05) is 19.9 Å². The Morgan fingerprint density at radius 3 is 2.85 bits per heavy atom. The Hall–Kier alpha value is -2.61. The molecule has 1 atom stereocenters. The van der Waals surface area contributed by atoms with E-state index in [-0.39, 0.29) is 17.9 Å². The van der Waals surface area contributed by atoms with Crippen LogP contribution in [-0.4, -0.2) is 39.2 Å². The van der Waals surface area contributed by atoms with E-state index in [4.69, 9.17) is 16.0 Å². The number of aromatic nitrogens is 4. The van der Waals surface area contributed by atoms with Gasteiger partial charge in [-0.1, -0.05) is 11.6 Å². The molecule has 142 valence electrons. The first-order chi connectivity index (χ1) is 13.0. The SMILES string of the molecule is Cc1nc(C(C)NC(=O)C2CCN(c3nc4ccc(Cl)cc4o3)CC2)n[nH]1. The summed E-state index contributed by atoms with van der Waals surface area (Å²) >= 11 is 6.00. The van der Waals surface area contributed by atoms with Gasteiger partial charge in [0.15, 0.2) is 11.4 Å². The van der Waals surface area contributed by atoms with E-state index in [0.717, 1.165) is 24.2 Å². The number of halogens is 1. The lowest BCUT2D eigenvalue weighted by atomic mass is 9.96. The van der Waals surface area contributed by atoms with Crippen LogP contribution in [0.15, 0.2) is 22.6 Å². The summed E-state index contributed by atoms with van der Waals surface area (Å²) in [7, 11) is 0. The summed E-state index contributed by atoms with van der Waals surface area (Å²) in [5.74, 6) is 1.33. The minimum absolute atomic E-state index is 0.0361. The average Bonchev–Trinajstić information content (AvgIpc) is 3.27. The molecule has 2 aromatic heterocycles. The molecule has 0 aliphatic carbocycles. The zero-order valence-electron chi connectivity index (χ0n) is 15.2. The predicted octanol–water partition coefficient (Wildman–Crippen LogP) is 3.00. The van der Waals surface area contributed by atoms with Crippen LogP contribution < -0.4 is 10.2 Å². The van der Waals surface area contributed by atoms with Gasteiger partial charge in [-0.05, 0) is 38.8 Å². The van der Waals surface area contributed by atoms with E-state index in [9.17, 15) is 4.79 Å². The molecule has 1 saturated heterocycles. The normalized spacial score (nSPS) is 16.6. The van der Waals surface area contributed by atoms with Crippen molar-refractivity contribution in [2.45, 2.75) is 32.7 Å². The van der Waals surface area contributed by atoms with Gasteiger partial charge in [0.1, 0.15) is 11.3 Å². The molecule has 1 fully saturated rings. The molecule has 3 heterocycles. The number of hydrogen-bond acceptors (Lipinski definition) is 6. The first-order valence-corrected chi connectivity index (χ1v) is 9.37. The number of rotatable bonds is 4. The van der Waals surface area contributed by atoms with Crippen molar-refractivity contribution in [2.24, 2.45) is 5.92 Å². The molecule has 0 saturated carbocycles. The number of aromatic amines is 1. The number of hydrogen-bond donors (Lipinski definition) is 2. The number of anilines is 1. The number of carbonyl (C=O) groups is 1. The third-order valence-electron chi connectivity index (χ3n) is 4.84. The maximum atomic E-state index is 12.6. The van der Waals surface area contributed by atoms with Gasteiger partial charge in [-0.3, -0.25) is 9.89 Å². The standard InChI is InChI=1S/C18H21ClN6O2/c1-10(16-21-11(2)23-24-16)20-17(26)12-5-7-25(8-6-12)18-22-14-4-3-13(19)9-15(14)27-18/h3-4,9-10,12H,5-8H2,1-2H3,(H,20,26)(H,21,23,24). The second-order valence-electron chi connectivity index (χ2n) is 6.88. The fraction of sp³-hybridized carbons (Fsp3) is 0.444. The van der Waals surface area contributed by atoms with Crippen LogP contribution in [0, 0.1) is 12.8 Å². The van der Waals surface area contributed by atoms with E-state index < -0.39 is 0 Å². The molecule has 3 aromatic rings. The fourth-order valence-electron chi connectivity index (χ4n) is 3.30. The molecule has 0 spiro atoms. The zero-order valence-corrected chi connectivity index (χ0v) is 16.0. The number of benzene rings is 1. The van der Waals surface area contributed by atoms with Crippen molar-refractivity contribution in [1.29, 1.82) is 0 Å². The van der Waals surface area contributed by atoms with Gasteiger partial charge in [0.2, 0.25) is 5.91 Å². The topological polar surface area (TPSA) is 99.9 Å². The largest absolute Gasteiger partial charge is 0.423 e. The third kappa shape index (κ3) is 3.75. The van der Waals surface area contributed by atoms with Gasteiger partial charge in [0.25, 0.3) is 6.01 Å². The molecule has 0 bridgehead atoms. The van der Waals surface area contributed by atoms with Crippen LogP contribution in [0.2, 0.25) is 5.02 Å². The van der Waals surface area contributed by atoms with E-state index in [0.29, 0.717) is 35.5 Å². The van der Waals surface area contributed by atoms with E-state index >= 15 is 0 Å². The molecular formula is C18H21ClN6O2. The highest BCUT2D eigenvalue weighted by Gasteiger charge is 2.28. The summed E-state index contributed by atoms with van der Waals surface area (Å²) in [4.78, 5) is 23.4. The number of nitrogens with one attached hydrogen (secondary N) is 2. The quantitative estimate of drug-likeness (QED) is 0.712. The van der Waals surface area contributed by atoms with Crippen molar-refractivity contribution < 1.29 is 9.21 Å². The van der Waals surface area contributed by atoms with Crippen molar-refractivity contribution >= 4 is 34.6 Å².